The van der Waals surface area contributed by atoms with E-state index in [0.717, 1.165) is 5.56 Å². The number of methoxy groups -OCH3 is 2. The molecule has 6 N–H and O–H groups in total. The molecule has 32 heteroatoms. The van der Waals surface area contributed by atoms with E-state index < -0.39 is 117 Å². The number of halogens is 13. The molecule has 1 aliphatic heterocycles. The van der Waals surface area contributed by atoms with Gasteiger partial charge in [0.1, 0.15) is 25.4 Å². The first-order valence-electron chi connectivity index (χ1n) is 30.3. The average molecular weight is 1420 g/mol. The van der Waals surface area contributed by atoms with E-state index in [0.29, 0.717) is 61.1 Å². The van der Waals surface area contributed by atoms with E-state index in [1.54, 1.807) is 81.4 Å². The van der Waals surface area contributed by atoms with Gasteiger partial charge in [-0.2, -0.15) is 52.7 Å². The van der Waals surface area contributed by atoms with Crippen molar-refractivity contribution in [3.8, 4) is 0 Å². The summed E-state index contributed by atoms with van der Waals surface area (Å²) in [4.78, 5) is 73.3. The molecule has 19 nitrogen and oxygen atoms in total. The number of likely N-dealkylation sites (tertiary alicyclic amines) is 1. The lowest BCUT2D eigenvalue weighted by Gasteiger charge is -2.49. The molecule has 7 rings (SSSR count). The van der Waals surface area contributed by atoms with Crippen molar-refractivity contribution in [2.75, 3.05) is 47.2 Å². The van der Waals surface area contributed by atoms with Crippen LogP contribution in [0.15, 0.2) is 127 Å². The molecule has 4 atom stereocenters. The number of hydrogen-bond donors (Lipinski definition) is 6. The minimum Gasteiger partial charge on any atom is -0.445 e. The second-order valence-electron chi connectivity index (χ2n) is 23.9. The lowest BCUT2D eigenvalue weighted by Crippen LogP contribution is -2.62. The van der Waals surface area contributed by atoms with Crippen molar-refractivity contribution >= 4 is 47.0 Å². The molecule has 1 saturated carbocycles. The van der Waals surface area contributed by atoms with Gasteiger partial charge in [0.15, 0.2) is 0 Å². The highest BCUT2D eigenvalue weighted by Gasteiger charge is 2.48. The fraction of sp³-hybridized carbons (Fsp3) is 0.455. The molecular formula is C66H76ClF12N7O12. The lowest BCUT2D eigenvalue weighted by atomic mass is 9.68. The lowest BCUT2D eigenvalue weighted by molar-refractivity contribution is -0.145. The fourth-order valence-corrected chi connectivity index (χ4v) is 10.6. The minimum atomic E-state index is -5.05. The predicted molar refractivity (Wildman–Crippen MR) is 332 cm³/mol. The number of hydrazine groups is 2. The molecule has 5 aromatic carbocycles. The van der Waals surface area contributed by atoms with Crippen LogP contribution in [-0.4, -0.2) is 105 Å². The van der Waals surface area contributed by atoms with Crippen LogP contribution in [0.3, 0.4) is 0 Å². The van der Waals surface area contributed by atoms with Gasteiger partial charge < -0.3 is 39.1 Å². The molecule has 0 radical (unpaired) electrons. The van der Waals surface area contributed by atoms with Crippen molar-refractivity contribution in [3.05, 3.63) is 177 Å². The Kier molecular flexibility index (Phi) is 29.0. The zero-order chi connectivity index (χ0) is 72.9. The van der Waals surface area contributed by atoms with Gasteiger partial charge in [-0.15, -0.1) is 0 Å². The molecule has 2 aliphatic rings. The maximum atomic E-state index is 13.9. The van der Waals surface area contributed by atoms with Crippen LogP contribution >= 0.6 is 11.6 Å². The van der Waals surface area contributed by atoms with Crippen molar-refractivity contribution in [1.82, 2.24) is 37.2 Å². The number of urea groups is 2. The Morgan fingerprint density at radius 3 is 1.39 bits per heavy atom. The Labute approximate surface area is 562 Å². The molecule has 0 spiro atoms. The summed E-state index contributed by atoms with van der Waals surface area (Å²) in [6.07, 6.45) is -21.6. The number of amides is 7. The van der Waals surface area contributed by atoms with Crippen molar-refractivity contribution in [3.63, 3.8) is 0 Å². The van der Waals surface area contributed by atoms with E-state index >= 15 is 0 Å². The van der Waals surface area contributed by atoms with Crippen LogP contribution in [0.2, 0.25) is 0 Å². The molecule has 98 heavy (non-hydrogen) atoms. The maximum Gasteiger partial charge on any atom is 0.426 e. The normalized spacial score (nSPS) is 18.7. The van der Waals surface area contributed by atoms with E-state index in [-0.39, 0.29) is 81.7 Å². The number of carbonyl (C=O) groups is 6. The van der Waals surface area contributed by atoms with Gasteiger partial charge in [0.05, 0.1) is 53.2 Å². The number of benzene rings is 5. The maximum absolute atomic E-state index is 13.9. The topological polar surface area (TPSA) is 233 Å². The summed E-state index contributed by atoms with van der Waals surface area (Å²) >= 11 is 4.81. The van der Waals surface area contributed by atoms with E-state index in [1.165, 1.54) is 33.0 Å². The third-order valence-electron chi connectivity index (χ3n) is 15.4. The van der Waals surface area contributed by atoms with Crippen molar-refractivity contribution in [2.24, 2.45) is 0 Å². The van der Waals surface area contributed by atoms with Gasteiger partial charge in [0.2, 0.25) is 5.24 Å². The van der Waals surface area contributed by atoms with Crippen molar-refractivity contribution in [1.29, 1.82) is 0 Å². The van der Waals surface area contributed by atoms with E-state index in [4.69, 9.17) is 35.3 Å². The van der Waals surface area contributed by atoms with Crippen LogP contribution in [0.1, 0.15) is 135 Å². The van der Waals surface area contributed by atoms with Gasteiger partial charge in [0, 0.05) is 38.3 Å². The van der Waals surface area contributed by atoms with Gasteiger partial charge in [-0.3, -0.25) is 19.9 Å². The van der Waals surface area contributed by atoms with Gasteiger partial charge in [0.25, 0.3) is 5.91 Å². The monoisotopic (exact) mass is 1420 g/mol. The van der Waals surface area contributed by atoms with Crippen LogP contribution in [0.4, 0.5) is 71.9 Å². The third kappa shape index (κ3) is 25.2. The third-order valence-corrected chi connectivity index (χ3v) is 15.5. The van der Waals surface area contributed by atoms with Gasteiger partial charge >= 0.3 is 49.0 Å². The summed E-state index contributed by atoms with van der Waals surface area (Å²) in [6, 6.07) is 27.0. The van der Waals surface area contributed by atoms with E-state index in [1.807, 2.05) is 30.3 Å². The van der Waals surface area contributed by atoms with Gasteiger partial charge in [-0.05, 0) is 149 Å². The van der Waals surface area contributed by atoms with Crippen LogP contribution in [-0.2, 0) is 80.3 Å². The summed E-state index contributed by atoms with van der Waals surface area (Å²) in [5.41, 5.74) is 1.89. The number of rotatable bonds is 18. The number of ether oxygens (including phenoxy) is 6. The number of piperidine rings is 1. The highest BCUT2D eigenvalue weighted by atomic mass is 35.5. The molecular weight excluding hydrogens is 1350 g/mol. The first-order chi connectivity index (χ1) is 45.8. The largest absolute Gasteiger partial charge is 0.445 e. The zero-order valence-corrected chi connectivity index (χ0v) is 54.9. The Morgan fingerprint density at radius 1 is 0.541 bits per heavy atom. The SMILES string of the molecule is COCC(=O)Cl.COCC(=O)NNC(=O)NC1CC[C@@](CO[C@H](C)c2cc(C(F)(F)F)cc(C(F)(F)F)c2)(c2ccccc2)N(C(=O)OCc2ccccc2)C1.C[C@@H](OCC1(c2ccccc2)CCC(NC(=O)NNC(=O)OC(C)(C)C)CC1)c1cc(C(F)(F)F)cc(C(F)(F)F)c1. The summed E-state index contributed by atoms with van der Waals surface area (Å²) in [5.74, 6) is -0.616. The Morgan fingerprint density at radius 2 is 0.959 bits per heavy atom. The summed E-state index contributed by atoms with van der Waals surface area (Å²) in [5, 5.41) is 5.01. The quantitative estimate of drug-likeness (QED) is 0.0273. The van der Waals surface area contributed by atoms with Crippen LogP contribution in [0.25, 0.3) is 0 Å². The minimum absolute atomic E-state index is 0.00154. The zero-order valence-electron chi connectivity index (χ0n) is 54.2. The molecule has 1 aliphatic carbocycles. The average Bonchev–Trinajstić information content (AvgIpc) is 0.762. The summed E-state index contributed by atoms with van der Waals surface area (Å²) < 4.78 is 194. The summed E-state index contributed by atoms with van der Waals surface area (Å²) in [7, 11) is 2.72. The molecule has 0 bridgehead atoms. The molecule has 1 heterocycles. The van der Waals surface area contributed by atoms with Crippen LogP contribution in [0.5, 0.6) is 0 Å². The predicted octanol–water partition coefficient (Wildman–Crippen LogP) is 14.3. The number of nitrogens with zero attached hydrogens (tertiary/aromatic N) is 1. The first-order valence-corrected chi connectivity index (χ1v) is 30.6. The van der Waals surface area contributed by atoms with Crippen molar-refractivity contribution < 1.29 is 110 Å². The summed E-state index contributed by atoms with van der Waals surface area (Å²) in [6.45, 7) is 6.89. The van der Waals surface area contributed by atoms with Crippen LogP contribution < -0.4 is 32.3 Å². The Balaban J connectivity index is 0.000000331. The molecule has 0 aromatic heterocycles. The molecule has 538 valence electrons. The fourth-order valence-electron chi connectivity index (χ4n) is 10.5. The van der Waals surface area contributed by atoms with E-state index in [2.05, 4.69) is 37.1 Å². The number of alkyl halides is 12. The second-order valence-corrected chi connectivity index (χ2v) is 24.3. The molecule has 2 fully saturated rings. The molecule has 5 aromatic rings. The van der Waals surface area contributed by atoms with Crippen LogP contribution in [0, 0.1) is 0 Å². The number of hydrogen-bond acceptors (Lipinski definition) is 12. The van der Waals surface area contributed by atoms with E-state index in [9.17, 15) is 81.5 Å². The highest BCUT2D eigenvalue weighted by molar-refractivity contribution is 6.63. The van der Waals surface area contributed by atoms with Crippen molar-refractivity contribution in [2.45, 2.75) is 145 Å². The van der Waals surface area contributed by atoms with Gasteiger partial charge in [-0.1, -0.05) is 91.0 Å². The first kappa shape index (κ1) is 80.3. The molecule has 7 amide bonds. The highest BCUT2D eigenvalue weighted by Crippen LogP contribution is 2.45. The molecule has 1 saturated heterocycles. The number of carbonyl (C=O) groups excluding carboxylic acids is 6. The second kappa shape index (κ2) is 35.4. The number of nitrogens with one attached hydrogen (secondary N) is 6. The smallest absolute Gasteiger partial charge is 0.426 e. The standard InChI is InChI=1S/C34H36F6N4O6.C29H35F6N3O4.C3H5ClO2/c1-22(24-15-26(33(35,36)37)17-27(16-24)34(38,39)40)50-21-32(25-11-7-4-8-12-25)14-13-28(41-30(46)43-42-29(45)20-48-2)18-44(32)31(47)49-19-23-9-5-3-6-10-23;1-18(19-14-21(28(30,31)32)16-22(15-19)29(33,34)35)41-17-27(20-8-6-5-7-9-20)12-10-23(11-13-27)36-24(39)37-38-25(40)42-26(2,3)4;1-6-2-3(4)5/h3-12,15-17,22,28H,13-14,18-21H2,1-2H3,(H,42,45)(H2,41,43,46);5-9,14-16,18,23H,10-13,17H2,1-4H3,(H,38,40)(H2,36,37,39);2H2,1H3/t22-,28?,32-;18-,23?,27?;/m11./s1. The molecule has 1 unspecified atom stereocenters. The van der Waals surface area contributed by atoms with Gasteiger partial charge in [-0.25, -0.2) is 35.5 Å². The Hall–Kier alpha value is -8.39. The Bertz CT molecular complexity index is 3350.